The van der Waals surface area contributed by atoms with Crippen molar-refractivity contribution in [3.63, 3.8) is 0 Å². The van der Waals surface area contributed by atoms with Crippen LogP contribution in [0.3, 0.4) is 0 Å². The van der Waals surface area contributed by atoms with E-state index in [2.05, 4.69) is 41.1 Å². The number of hydrogen-bond acceptors (Lipinski definition) is 2. The summed E-state index contributed by atoms with van der Waals surface area (Å²) in [6, 6.07) is 16.4. The molecule has 2 heterocycles. The number of hydrogen-bond donors (Lipinski definition) is 0. The number of halogens is 1. The van der Waals surface area contributed by atoms with Gasteiger partial charge in [-0.1, -0.05) is 23.8 Å². The number of benzene rings is 3. The Morgan fingerprint density at radius 3 is 2.36 bits per heavy atom. The molecular formula is C19H11BrO2. The number of para-hydroxylation sites is 1. The molecule has 0 unspecified atom stereocenters. The van der Waals surface area contributed by atoms with E-state index in [1.54, 1.807) is 0 Å². The summed E-state index contributed by atoms with van der Waals surface area (Å²) in [7, 11) is 0. The predicted molar refractivity (Wildman–Crippen MR) is 93.4 cm³/mol. The van der Waals surface area contributed by atoms with Crippen LogP contribution in [-0.4, -0.2) is 0 Å². The zero-order valence-electron chi connectivity index (χ0n) is 11.8. The molecule has 2 nitrogen and oxygen atoms in total. The highest BCUT2D eigenvalue weighted by molar-refractivity contribution is 9.10. The first-order valence-corrected chi connectivity index (χ1v) is 7.94. The van der Waals surface area contributed by atoms with E-state index in [0.717, 1.165) is 48.3 Å². The molecule has 0 atom stereocenters. The van der Waals surface area contributed by atoms with Gasteiger partial charge in [0.2, 0.25) is 0 Å². The van der Waals surface area contributed by atoms with Gasteiger partial charge in [0.1, 0.15) is 22.3 Å². The highest BCUT2D eigenvalue weighted by Crippen LogP contribution is 2.41. The second-order valence-corrected chi connectivity index (χ2v) is 6.49. The summed E-state index contributed by atoms with van der Waals surface area (Å²) in [5.41, 5.74) is 4.81. The van der Waals surface area contributed by atoms with Crippen LogP contribution in [0, 0.1) is 6.92 Å². The van der Waals surface area contributed by atoms with E-state index >= 15 is 0 Å². The Hall–Kier alpha value is -2.26. The van der Waals surface area contributed by atoms with E-state index in [1.165, 1.54) is 5.56 Å². The normalized spacial score (nSPS) is 12.1. The summed E-state index contributed by atoms with van der Waals surface area (Å²) in [5, 5.41) is 4.51. The van der Waals surface area contributed by atoms with Crippen LogP contribution in [-0.2, 0) is 0 Å². The monoisotopic (exact) mass is 350 g/mol. The maximum atomic E-state index is 6.05. The molecule has 0 spiro atoms. The molecule has 0 amide bonds. The molecule has 3 aromatic carbocycles. The molecular weight excluding hydrogens is 340 g/mol. The van der Waals surface area contributed by atoms with Crippen LogP contribution in [0.2, 0.25) is 0 Å². The van der Waals surface area contributed by atoms with E-state index < -0.39 is 0 Å². The molecule has 5 aromatic rings. The lowest BCUT2D eigenvalue weighted by Gasteiger charge is -1.95. The topological polar surface area (TPSA) is 26.3 Å². The second-order valence-electron chi connectivity index (χ2n) is 5.63. The van der Waals surface area contributed by atoms with E-state index in [1.807, 2.05) is 30.3 Å². The van der Waals surface area contributed by atoms with Crippen LogP contribution in [0.15, 0.2) is 61.8 Å². The summed E-state index contributed by atoms with van der Waals surface area (Å²) in [5.74, 6) is 0. The average molecular weight is 351 g/mol. The summed E-state index contributed by atoms with van der Waals surface area (Å²) >= 11 is 3.57. The van der Waals surface area contributed by atoms with E-state index in [0.29, 0.717) is 0 Å². The van der Waals surface area contributed by atoms with Crippen molar-refractivity contribution in [1.29, 1.82) is 0 Å². The maximum Gasteiger partial charge on any atom is 0.149 e. The third kappa shape index (κ3) is 1.49. The van der Waals surface area contributed by atoms with Crippen LogP contribution < -0.4 is 0 Å². The summed E-state index contributed by atoms with van der Waals surface area (Å²) in [6.45, 7) is 2.10. The zero-order valence-corrected chi connectivity index (χ0v) is 13.4. The first-order chi connectivity index (χ1) is 10.7. The molecule has 0 aliphatic rings. The summed E-state index contributed by atoms with van der Waals surface area (Å²) in [4.78, 5) is 0. The lowest BCUT2D eigenvalue weighted by atomic mass is 10.0. The van der Waals surface area contributed by atoms with Gasteiger partial charge in [0.15, 0.2) is 0 Å². The smallest absolute Gasteiger partial charge is 0.149 e. The molecule has 2 aromatic heterocycles. The largest absolute Gasteiger partial charge is 0.456 e. The molecule has 0 radical (unpaired) electrons. The van der Waals surface area contributed by atoms with Crippen molar-refractivity contribution in [2.24, 2.45) is 0 Å². The van der Waals surface area contributed by atoms with E-state index in [4.69, 9.17) is 8.83 Å². The van der Waals surface area contributed by atoms with Gasteiger partial charge >= 0.3 is 0 Å². The Morgan fingerprint density at radius 2 is 1.50 bits per heavy atom. The highest BCUT2D eigenvalue weighted by atomic mass is 79.9. The number of rotatable bonds is 0. The Balaban J connectivity index is 2.15. The molecule has 0 aliphatic carbocycles. The Morgan fingerprint density at radius 1 is 0.773 bits per heavy atom. The zero-order chi connectivity index (χ0) is 14.8. The summed E-state index contributed by atoms with van der Waals surface area (Å²) < 4.78 is 13.0. The van der Waals surface area contributed by atoms with Crippen molar-refractivity contribution in [3.05, 3.63) is 58.6 Å². The minimum atomic E-state index is 0.881. The molecule has 0 saturated carbocycles. The number of fused-ring (bicyclic) bond motifs is 7. The van der Waals surface area contributed by atoms with Crippen LogP contribution in [0.1, 0.15) is 5.56 Å². The van der Waals surface area contributed by atoms with Crippen molar-refractivity contribution < 1.29 is 8.83 Å². The van der Waals surface area contributed by atoms with Gasteiger partial charge in [-0.05, 0) is 53.2 Å². The first kappa shape index (κ1) is 12.3. The Bertz CT molecular complexity index is 1190. The average Bonchev–Trinajstić information content (AvgIpc) is 3.05. The third-order valence-corrected chi connectivity index (χ3v) is 4.83. The standard InChI is InChI=1S/C19H11BrO2/c1-10-5-6-14-12(9-10)18-15(21-14)7-8-16-17(18)11-3-2-4-13(20)19(11)22-16/h2-9H,1H3. The Kier molecular flexibility index (Phi) is 2.32. The van der Waals surface area contributed by atoms with Crippen LogP contribution in [0.5, 0.6) is 0 Å². The second kappa shape index (κ2) is 4.14. The molecule has 0 N–H and O–H groups in total. The van der Waals surface area contributed by atoms with Crippen molar-refractivity contribution >= 4 is 59.8 Å². The van der Waals surface area contributed by atoms with Gasteiger partial charge in [-0.25, -0.2) is 0 Å². The van der Waals surface area contributed by atoms with Crippen molar-refractivity contribution in [2.75, 3.05) is 0 Å². The molecule has 22 heavy (non-hydrogen) atoms. The van der Waals surface area contributed by atoms with Crippen molar-refractivity contribution in [3.8, 4) is 0 Å². The van der Waals surface area contributed by atoms with Gasteiger partial charge in [-0.2, -0.15) is 0 Å². The fraction of sp³-hybridized carbons (Fsp3) is 0.0526. The predicted octanol–water partition coefficient (Wildman–Crippen LogP) is 6.56. The minimum Gasteiger partial charge on any atom is -0.456 e. The molecule has 3 heteroatoms. The molecule has 0 aliphatic heterocycles. The first-order valence-electron chi connectivity index (χ1n) is 7.15. The number of furan rings is 2. The fourth-order valence-corrected chi connectivity index (χ4v) is 3.68. The highest BCUT2D eigenvalue weighted by Gasteiger charge is 2.16. The van der Waals surface area contributed by atoms with Crippen molar-refractivity contribution in [2.45, 2.75) is 6.92 Å². The van der Waals surface area contributed by atoms with Gasteiger partial charge < -0.3 is 8.83 Å². The van der Waals surface area contributed by atoms with Crippen LogP contribution in [0.4, 0.5) is 0 Å². The lowest BCUT2D eigenvalue weighted by molar-refractivity contribution is 0.661. The van der Waals surface area contributed by atoms with Gasteiger partial charge in [0, 0.05) is 21.5 Å². The van der Waals surface area contributed by atoms with E-state index in [-0.39, 0.29) is 0 Å². The quantitative estimate of drug-likeness (QED) is 0.316. The summed E-state index contributed by atoms with van der Waals surface area (Å²) in [6.07, 6.45) is 0. The SMILES string of the molecule is Cc1ccc2oc3ccc4oc5c(Br)cccc5c4c3c2c1. The van der Waals surface area contributed by atoms with Gasteiger partial charge in [0.25, 0.3) is 0 Å². The molecule has 0 bridgehead atoms. The van der Waals surface area contributed by atoms with Gasteiger partial charge in [-0.15, -0.1) is 0 Å². The fourth-order valence-electron chi connectivity index (χ4n) is 3.24. The van der Waals surface area contributed by atoms with Gasteiger partial charge in [0.05, 0.1) is 4.47 Å². The Labute approximate surface area is 134 Å². The van der Waals surface area contributed by atoms with E-state index in [9.17, 15) is 0 Å². The van der Waals surface area contributed by atoms with Gasteiger partial charge in [-0.3, -0.25) is 0 Å². The molecule has 106 valence electrons. The maximum absolute atomic E-state index is 6.05. The lowest BCUT2D eigenvalue weighted by Crippen LogP contribution is -1.73. The van der Waals surface area contributed by atoms with Crippen LogP contribution in [0.25, 0.3) is 43.9 Å². The molecule has 5 rings (SSSR count). The molecule has 0 saturated heterocycles. The van der Waals surface area contributed by atoms with Crippen LogP contribution >= 0.6 is 15.9 Å². The number of aryl methyl sites for hydroxylation is 1. The molecule has 0 fully saturated rings. The minimum absolute atomic E-state index is 0.881. The van der Waals surface area contributed by atoms with Crippen molar-refractivity contribution in [1.82, 2.24) is 0 Å². The third-order valence-electron chi connectivity index (χ3n) is 4.20.